The molecule has 1 fully saturated rings. The number of hydrogen-bond donors (Lipinski definition) is 0. The predicted octanol–water partition coefficient (Wildman–Crippen LogP) is 3.60. The summed E-state index contributed by atoms with van der Waals surface area (Å²) in [5, 5.41) is 8.47. The van der Waals surface area contributed by atoms with Crippen LogP contribution in [0.5, 0.6) is 0 Å². The minimum Gasteiger partial charge on any atom is -0.411 e. The maximum Gasteiger partial charge on any atom is 0.277 e. The quantitative estimate of drug-likeness (QED) is 0.757. The topological polar surface area (TPSA) is 59.2 Å². The molecule has 0 radical (unpaired) electrons. The molecule has 7 heteroatoms. The second kappa shape index (κ2) is 7.28. The first-order valence-corrected chi connectivity index (χ1v) is 9.00. The van der Waals surface area contributed by atoms with Gasteiger partial charge in [-0.05, 0) is 37.5 Å². The van der Waals surface area contributed by atoms with Crippen molar-refractivity contribution >= 4 is 33.6 Å². The molecule has 0 spiro atoms. The van der Waals surface area contributed by atoms with Crippen molar-refractivity contribution in [2.24, 2.45) is 0 Å². The van der Waals surface area contributed by atoms with E-state index >= 15 is 0 Å². The molecule has 0 N–H and O–H groups in total. The first kappa shape index (κ1) is 15.6. The number of halogens is 1. The van der Waals surface area contributed by atoms with Crippen LogP contribution in [-0.2, 0) is 4.79 Å². The zero-order valence-corrected chi connectivity index (χ0v) is 14.4. The lowest BCUT2D eigenvalue weighted by Crippen LogP contribution is -2.36. The summed E-state index contributed by atoms with van der Waals surface area (Å²) in [6, 6.07) is 7.68. The molecule has 0 atom stereocenters. The van der Waals surface area contributed by atoms with E-state index < -0.39 is 0 Å². The molecule has 2 aromatic rings. The molecule has 1 aromatic carbocycles. The van der Waals surface area contributed by atoms with Gasteiger partial charge in [0.1, 0.15) is 0 Å². The van der Waals surface area contributed by atoms with E-state index in [0.717, 1.165) is 36.0 Å². The van der Waals surface area contributed by atoms with E-state index in [1.165, 1.54) is 18.2 Å². The summed E-state index contributed by atoms with van der Waals surface area (Å²) < 4.78 is 6.57. The molecular weight excluding hydrogens is 366 g/mol. The highest BCUT2D eigenvalue weighted by Gasteiger charge is 2.18. The highest BCUT2D eigenvalue weighted by Crippen LogP contribution is 2.25. The lowest BCUT2D eigenvalue weighted by molar-refractivity contribution is -0.129. The summed E-state index contributed by atoms with van der Waals surface area (Å²) in [7, 11) is 0. The molecule has 1 aromatic heterocycles. The average molecular weight is 382 g/mol. The molecule has 116 valence electrons. The third kappa shape index (κ3) is 3.89. The number of likely N-dealkylation sites (tertiary alicyclic amines) is 1. The predicted molar refractivity (Wildman–Crippen MR) is 88.6 cm³/mol. The number of piperidine rings is 1. The molecule has 3 rings (SSSR count). The number of benzene rings is 1. The van der Waals surface area contributed by atoms with Crippen LogP contribution in [0.25, 0.3) is 11.5 Å². The van der Waals surface area contributed by atoms with Crippen LogP contribution in [0, 0.1) is 0 Å². The van der Waals surface area contributed by atoms with Crippen LogP contribution < -0.4 is 0 Å². The Morgan fingerprint density at radius 2 is 2.09 bits per heavy atom. The Balaban J connectivity index is 1.59. The third-order valence-electron chi connectivity index (χ3n) is 3.51. The van der Waals surface area contributed by atoms with Crippen molar-refractivity contribution in [3.8, 4) is 11.5 Å². The van der Waals surface area contributed by atoms with Crippen molar-refractivity contribution in [2.45, 2.75) is 24.5 Å². The van der Waals surface area contributed by atoms with Crippen molar-refractivity contribution in [3.05, 3.63) is 28.7 Å². The minimum atomic E-state index is 0.145. The second-order valence-corrected chi connectivity index (χ2v) is 6.96. The molecule has 1 amide bonds. The van der Waals surface area contributed by atoms with Gasteiger partial charge in [-0.2, -0.15) is 0 Å². The summed E-state index contributed by atoms with van der Waals surface area (Å²) in [4.78, 5) is 14.0. The molecule has 1 aliphatic heterocycles. The summed E-state index contributed by atoms with van der Waals surface area (Å²) in [5.41, 5.74) is 0.857. The Morgan fingerprint density at radius 1 is 1.27 bits per heavy atom. The monoisotopic (exact) mass is 381 g/mol. The number of aromatic nitrogens is 2. The van der Waals surface area contributed by atoms with Gasteiger partial charge in [0.25, 0.3) is 5.22 Å². The molecule has 0 saturated carbocycles. The SMILES string of the molecule is O=C(CSc1nnc(-c2cccc(Br)c2)o1)N1CCCCC1. The van der Waals surface area contributed by atoms with Gasteiger partial charge in [0.05, 0.1) is 5.75 Å². The van der Waals surface area contributed by atoms with Crippen LogP contribution in [0.4, 0.5) is 0 Å². The molecule has 0 bridgehead atoms. The third-order valence-corrected chi connectivity index (χ3v) is 4.80. The number of nitrogens with zero attached hydrogens (tertiary/aromatic N) is 3. The molecule has 0 aliphatic carbocycles. The number of rotatable bonds is 4. The number of thioether (sulfide) groups is 1. The number of carbonyl (C=O) groups is 1. The second-order valence-electron chi connectivity index (χ2n) is 5.11. The molecule has 1 saturated heterocycles. The summed E-state index contributed by atoms with van der Waals surface area (Å²) in [5.74, 6) is 0.959. The fourth-order valence-corrected chi connectivity index (χ4v) is 3.43. The van der Waals surface area contributed by atoms with Gasteiger partial charge in [-0.3, -0.25) is 4.79 Å². The van der Waals surface area contributed by atoms with Gasteiger partial charge >= 0.3 is 0 Å². The van der Waals surface area contributed by atoms with Crippen LogP contribution in [0.3, 0.4) is 0 Å². The Bertz CT molecular complexity index is 656. The number of carbonyl (C=O) groups excluding carboxylic acids is 1. The van der Waals surface area contributed by atoms with Crippen LogP contribution in [0.15, 0.2) is 38.4 Å². The number of hydrogen-bond acceptors (Lipinski definition) is 5. The van der Waals surface area contributed by atoms with Crippen LogP contribution in [0.1, 0.15) is 19.3 Å². The summed E-state index contributed by atoms with van der Waals surface area (Å²) >= 11 is 4.71. The largest absolute Gasteiger partial charge is 0.411 e. The summed E-state index contributed by atoms with van der Waals surface area (Å²) in [6.45, 7) is 1.74. The Kier molecular flexibility index (Phi) is 5.15. The van der Waals surface area contributed by atoms with E-state index in [4.69, 9.17) is 4.42 Å². The Hall–Kier alpha value is -1.34. The zero-order valence-electron chi connectivity index (χ0n) is 12.0. The molecule has 5 nitrogen and oxygen atoms in total. The molecule has 22 heavy (non-hydrogen) atoms. The summed E-state index contributed by atoms with van der Waals surface area (Å²) in [6.07, 6.45) is 3.42. The first-order chi connectivity index (χ1) is 10.7. The van der Waals surface area contributed by atoms with Crippen molar-refractivity contribution in [1.82, 2.24) is 15.1 Å². The zero-order chi connectivity index (χ0) is 15.4. The van der Waals surface area contributed by atoms with Crippen molar-refractivity contribution in [1.29, 1.82) is 0 Å². The Morgan fingerprint density at radius 3 is 2.86 bits per heavy atom. The molecule has 1 aliphatic rings. The van der Waals surface area contributed by atoms with Gasteiger partial charge < -0.3 is 9.32 Å². The number of amides is 1. The highest BCUT2D eigenvalue weighted by atomic mass is 79.9. The van der Waals surface area contributed by atoms with Crippen molar-refractivity contribution in [2.75, 3.05) is 18.8 Å². The Labute approximate surface area is 141 Å². The maximum atomic E-state index is 12.1. The maximum absolute atomic E-state index is 12.1. The van der Waals surface area contributed by atoms with Crippen LogP contribution in [-0.4, -0.2) is 39.8 Å². The van der Waals surface area contributed by atoms with Crippen molar-refractivity contribution in [3.63, 3.8) is 0 Å². The molecule has 0 unspecified atom stereocenters. The van der Waals surface area contributed by atoms with Gasteiger partial charge in [0.2, 0.25) is 11.8 Å². The minimum absolute atomic E-state index is 0.145. The van der Waals surface area contributed by atoms with Gasteiger partial charge in [-0.25, -0.2) is 0 Å². The standard InChI is InChI=1S/C15H16BrN3O2S/c16-12-6-4-5-11(9-12)14-17-18-15(21-14)22-10-13(20)19-7-2-1-3-8-19/h4-6,9H,1-3,7-8,10H2. The fraction of sp³-hybridized carbons (Fsp3) is 0.400. The van der Waals surface area contributed by atoms with E-state index in [1.807, 2.05) is 29.2 Å². The normalized spacial score (nSPS) is 15.0. The highest BCUT2D eigenvalue weighted by molar-refractivity contribution is 9.10. The fourth-order valence-electron chi connectivity index (χ4n) is 2.36. The lowest BCUT2D eigenvalue weighted by atomic mass is 10.1. The van der Waals surface area contributed by atoms with E-state index in [2.05, 4.69) is 26.1 Å². The van der Waals surface area contributed by atoms with E-state index in [1.54, 1.807) is 0 Å². The van der Waals surface area contributed by atoms with Gasteiger partial charge in [0, 0.05) is 23.1 Å². The first-order valence-electron chi connectivity index (χ1n) is 7.22. The lowest BCUT2D eigenvalue weighted by Gasteiger charge is -2.26. The van der Waals surface area contributed by atoms with Crippen molar-refractivity contribution < 1.29 is 9.21 Å². The van der Waals surface area contributed by atoms with Gasteiger partial charge in [-0.1, -0.05) is 33.8 Å². The molecular formula is C15H16BrN3O2S. The average Bonchev–Trinajstić information content (AvgIpc) is 3.02. The van der Waals surface area contributed by atoms with E-state index in [0.29, 0.717) is 16.9 Å². The van der Waals surface area contributed by atoms with E-state index in [-0.39, 0.29) is 5.91 Å². The van der Waals surface area contributed by atoms with Gasteiger partial charge in [0.15, 0.2) is 0 Å². The molecule has 2 heterocycles. The van der Waals surface area contributed by atoms with Crippen LogP contribution in [0.2, 0.25) is 0 Å². The van der Waals surface area contributed by atoms with Crippen LogP contribution >= 0.6 is 27.7 Å². The van der Waals surface area contributed by atoms with E-state index in [9.17, 15) is 4.79 Å². The smallest absolute Gasteiger partial charge is 0.277 e. The van der Waals surface area contributed by atoms with Gasteiger partial charge in [-0.15, -0.1) is 10.2 Å².